The highest BCUT2D eigenvalue weighted by Crippen LogP contribution is 2.26. The number of aromatic nitrogens is 3. The van der Waals surface area contributed by atoms with Crippen LogP contribution in [0, 0.1) is 0 Å². The van der Waals surface area contributed by atoms with Crippen molar-refractivity contribution in [1.29, 1.82) is 0 Å². The van der Waals surface area contributed by atoms with Crippen LogP contribution in [0.15, 0.2) is 59.1 Å². The molecular formula is C17H12N4O2. The van der Waals surface area contributed by atoms with Crippen molar-refractivity contribution in [3.05, 3.63) is 60.2 Å². The third-order valence-corrected chi connectivity index (χ3v) is 3.59. The van der Waals surface area contributed by atoms with Gasteiger partial charge in [0.25, 0.3) is 5.91 Å². The van der Waals surface area contributed by atoms with Gasteiger partial charge in [-0.3, -0.25) is 4.79 Å². The number of fused-ring (bicyclic) bond motifs is 1. The van der Waals surface area contributed by atoms with E-state index in [0.29, 0.717) is 28.2 Å². The molecule has 0 spiro atoms. The number of benzene rings is 2. The van der Waals surface area contributed by atoms with Crippen molar-refractivity contribution < 1.29 is 9.32 Å². The summed E-state index contributed by atoms with van der Waals surface area (Å²) in [7, 11) is 0. The Bertz CT molecular complexity index is 1000. The zero-order valence-corrected chi connectivity index (χ0v) is 12.0. The smallest absolute Gasteiger partial charge is 0.250 e. The number of rotatable bonds is 3. The maximum atomic E-state index is 11.5. The first-order chi connectivity index (χ1) is 11.2. The van der Waals surface area contributed by atoms with Crippen molar-refractivity contribution in [3.63, 3.8) is 0 Å². The van der Waals surface area contributed by atoms with Crippen molar-refractivity contribution in [3.8, 4) is 22.8 Å². The molecule has 0 aliphatic carbocycles. The number of nitrogens with one attached hydrogen (secondary N) is 1. The number of para-hydroxylation sites is 1. The van der Waals surface area contributed by atoms with E-state index in [9.17, 15) is 4.79 Å². The highest BCUT2D eigenvalue weighted by atomic mass is 16.5. The van der Waals surface area contributed by atoms with Crippen molar-refractivity contribution in [2.75, 3.05) is 0 Å². The topological polar surface area (TPSA) is 97.8 Å². The fourth-order valence-corrected chi connectivity index (χ4v) is 2.48. The van der Waals surface area contributed by atoms with Gasteiger partial charge >= 0.3 is 0 Å². The van der Waals surface area contributed by atoms with E-state index in [2.05, 4.69) is 15.1 Å². The number of primary amides is 1. The molecule has 0 fully saturated rings. The van der Waals surface area contributed by atoms with E-state index in [1.165, 1.54) is 0 Å². The first-order valence-electron chi connectivity index (χ1n) is 7.03. The Hall–Kier alpha value is -3.41. The number of carbonyl (C=O) groups excluding carboxylic acids is 1. The summed E-state index contributed by atoms with van der Waals surface area (Å²) in [6, 6.07) is 16.7. The summed E-state index contributed by atoms with van der Waals surface area (Å²) in [6.45, 7) is 0. The maximum Gasteiger partial charge on any atom is 0.250 e. The van der Waals surface area contributed by atoms with Gasteiger partial charge in [0.2, 0.25) is 5.76 Å². The molecule has 0 aliphatic rings. The molecular weight excluding hydrogens is 292 g/mol. The minimum absolute atomic E-state index is 0.368. The van der Waals surface area contributed by atoms with Gasteiger partial charge in [0, 0.05) is 11.6 Å². The quantitative estimate of drug-likeness (QED) is 0.608. The van der Waals surface area contributed by atoms with Crippen LogP contribution in [0.25, 0.3) is 33.9 Å². The van der Waals surface area contributed by atoms with E-state index in [0.717, 1.165) is 11.3 Å². The van der Waals surface area contributed by atoms with Crippen LogP contribution >= 0.6 is 0 Å². The van der Waals surface area contributed by atoms with E-state index in [4.69, 9.17) is 10.3 Å². The van der Waals surface area contributed by atoms with Gasteiger partial charge in [0.15, 0.2) is 5.82 Å². The number of hydrogen-bond donors (Lipinski definition) is 2. The van der Waals surface area contributed by atoms with Gasteiger partial charge in [-0.1, -0.05) is 41.6 Å². The Morgan fingerprint density at radius 3 is 2.70 bits per heavy atom. The second-order valence-electron chi connectivity index (χ2n) is 5.09. The van der Waals surface area contributed by atoms with Gasteiger partial charge in [-0.2, -0.15) is 0 Å². The molecule has 1 amide bonds. The second kappa shape index (κ2) is 5.10. The number of amides is 1. The summed E-state index contributed by atoms with van der Waals surface area (Å²) in [4.78, 5) is 19.0. The lowest BCUT2D eigenvalue weighted by molar-refractivity contribution is 0.100. The standard InChI is InChI=1S/C17H12N4O2/c18-16(22)11-7-4-8-12-15(11)20-17(19-12)14-9-13(21-23-14)10-5-2-1-3-6-10/h1-9H,(H2,18,22)(H,19,20). The van der Waals surface area contributed by atoms with Crippen LogP contribution in [0.5, 0.6) is 0 Å². The highest BCUT2D eigenvalue weighted by Gasteiger charge is 2.15. The summed E-state index contributed by atoms with van der Waals surface area (Å²) in [6.07, 6.45) is 0. The Balaban J connectivity index is 1.80. The molecule has 2 heterocycles. The first-order valence-corrected chi connectivity index (χ1v) is 7.03. The normalized spacial score (nSPS) is 11.0. The van der Waals surface area contributed by atoms with Crippen LogP contribution in [-0.2, 0) is 0 Å². The minimum Gasteiger partial charge on any atom is -0.366 e. The fraction of sp³-hybridized carbons (Fsp3) is 0. The number of hydrogen-bond acceptors (Lipinski definition) is 4. The Morgan fingerprint density at radius 2 is 1.91 bits per heavy atom. The van der Waals surface area contributed by atoms with Crippen LogP contribution in [0.1, 0.15) is 10.4 Å². The molecule has 0 saturated carbocycles. The van der Waals surface area contributed by atoms with Crippen LogP contribution in [0.2, 0.25) is 0 Å². The van der Waals surface area contributed by atoms with E-state index in [1.54, 1.807) is 18.2 Å². The molecule has 3 N–H and O–H groups in total. The van der Waals surface area contributed by atoms with Crippen molar-refractivity contribution in [2.24, 2.45) is 5.73 Å². The van der Waals surface area contributed by atoms with Crippen molar-refractivity contribution >= 4 is 16.9 Å². The highest BCUT2D eigenvalue weighted by molar-refractivity contribution is 6.04. The lowest BCUT2D eigenvalue weighted by Gasteiger charge is -1.94. The molecule has 0 unspecified atom stereocenters. The number of nitrogens with two attached hydrogens (primary N) is 1. The van der Waals surface area contributed by atoms with E-state index in [-0.39, 0.29) is 0 Å². The van der Waals surface area contributed by atoms with Crippen molar-refractivity contribution in [2.45, 2.75) is 0 Å². The lowest BCUT2D eigenvalue weighted by atomic mass is 10.1. The molecule has 0 atom stereocenters. The molecule has 0 radical (unpaired) electrons. The van der Waals surface area contributed by atoms with Gasteiger partial charge in [-0.25, -0.2) is 4.98 Å². The average molecular weight is 304 g/mol. The summed E-state index contributed by atoms with van der Waals surface area (Å²) >= 11 is 0. The van der Waals surface area contributed by atoms with Gasteiger partial charge in [0.1, 0.15) is 11.2 Å². The number of imidazole rings is 1. The molecule has 0 aliphatic heterocycles. The van der Waals surface area contributed by atoms with Crippen LogP contribution in [-0.4, -0.2) is 21.0 Å². The van der Waals surface area contributed by atoms with Gasteiger partial charge in [0.05, 0.1) is 11.1 Å². The number of aromatic amines is 1. The van der Waals surface area contributed by atoms with Crippen LogP contribution in [0.3, 0.4) is 0 Å². The number of nitrogens with zero attached hydrogens (tertiary/aromatic N) is 2. The molecule has 6 nitrogen and oxygen atoms in total. The minimum atomic E-state index is -0.517. The number of H-pyrrole nitrogens is 1. The molecule has 23 heavy (non-hydrogen) atoms. The maximum absolute atomic E-state index is 11.5. The lowest BCUT2D eigenvalue weighted by Crippen LogP contribution is -2.11. The zero-order valence-electron chi connectivity index (χ0n) is 12.0. The zero-order chi connectivity index (χ0) is 15.8. The molecule has 2 aromatic carbocycles. The number of carbonyl (C=O) groups is 1. The van der Waals surface area contributed by atoms with Gasteiger partial charge < -0.3 is 15.2 Å². The van der Waals surface area contributed by atoms with Gasteiger partial charge in [-0.05, 0) is 12.1 Å². The molecule has 6 heteroatoms. The molecule has 0 saturated heterocycles. The Kier molecular flexibility index (Phi) is 2.94. The predicted molar refractivity (Wildman–Crippen MR) is 85.5 cm³/mol. The van der Waals surface area contributed by atoms with E-state index < -0.39 is 5.91 Å². The monoisotopic (exact) mass is 304 g/mol. The van der Waals surface area contributed by atoms with E-state index >= 15 is 0 Å². The average Bonchev–Trinajstić information content (AvgIpc) is 3.21. The van der Waals surface area contributed by atoms with E-state index in [1.807, 2.05) is 36.4 Å². The summed E-state index contributed by atoms with van der Waals surface area (Å²) in [5.41, 5.74) is 8.66. The fourth-order valence-electron chi connectivity index (χ4n) is 2.48. The van der Waals surface area contributed by atoms with Crippen LogP contribution < -0.4 is 5.73 Å². The van der Waals surface area contributed by atoms with Crippen LogP contribution in [0.4, 0.5) is 0 Å². The molecule has 2 aromatic heterocycles. The van der Waals surface area contributed by atoms with Gasteiger partial charge in [-0.15, -0.1) is 0 Å². The predicted octanol–water partition coefficient (Wildman–Crippen LogP) is 2.98. The largest absolute Gasteiger partial charge is 0.366 e. The summed E-state index contributed by atoms with van der Waals surface area (Å²) in [5, 5.41) is 4.06. The summed E-state index contributed by atoms with van der Waals surface area (Å²) in [5.74, 6) is 0.482. The Morgan fingerprint density at radius 1 is 1.09 bits per heavy atom. The first kappa shape index (κ1) is 13.3. The SMILES string of the molecule is NC(=O)c1cccc2[nH]c(-c3cc(-c4ccccc4)no3)nc12. The second-order valence-corrected chi connectivity index (χ2v) is 5.09. The molecule has 0 bridgehead atoms. The Labute approximate surface area is 130 Å². The molecule has 112 valence electrons. The molecule has 4 rings (SSSR count). The molecule has 4 aromatic rings. The summed E-state index contributed by atoms with van der Waals surface area (Å²) < 4.78 is 5.38. The van der Waals surface area contributed by atoms with Crippen molar-refractivity contribution in [1.82, 2.24) is 15.1 Å². The third-order valence-electron chi connectivity index (χ3n) is 3.59. The third kappa shape index (κ3) is 2.26.